The average molecular weight is 364 g/mol. The first-order valence-corrected chi connectivity index (χ1v) is 10.1. The Morgan fingerprint density at radius 3 is 2.56 bits per heavy atom. The first-order valence-electron chi connectivity index (χ1n) is 8.69. The summed E-state index contributed by atoms with van der Waals surface area (Å²) in [6.45, 7) is 2.86. The summed E-state index contributed by atoms with van der Waals surface area (Å²) in [7, 11) is -3.62. The van der Waals surface area contributed by atoms with Crippen LogP contribution in [-0.4, -0.2) is 37.1 Å². The Labute approximate surface area is 146 Å². The maximum Gasteiger partial charge on any atom is 0.258 e. The van der Waals surface area contributed by atoms with Crippen LogP contribution in [-0.2, 0) is 14.8 Å². The van der Waals surface area contributed by atoms with Crippen LogP contribution in [0.25, 0.3) is 10.9 Å². The molecule has 1 aromatic carbocycles. The number of sulfonamides is 1. The van der Waals surface area contributed by atoms with E-state index in [0.717, 1.165) is 43.1 Å². The zero-order valence-corrected chi connectivity index (χ0v) is 14.9. The van der Waals surface area contributed by atoms with Gasteiger partial charge >= 0.3 is 0 Å². The molecule has 5 nitrogen and oxygen atoms in total. The highest BCUT2D eigenvalue weighted by molar-refractivity contribution is 7.89. The molecule has 0 unspecified atom stereocenters. The lowest BCUT2D eigenvalue weighted by Gasteiger charge is -2.33. The Morgan fingerprint density at radius 2 is 1.92 bits per heavy atom. The van der Waals surface area contributed by atoms with Gasteiger partial charge in [-0.1, -0.05) is 0 Å². The molecule has 134 valence electrons. The van der Waals surface area contributed by atoms with E-state index in [1.165, 1.54) is 10.4 Å². The fraction of sp³-hybridized carbons (Fsp3) is 0.500. The Hall–Kier alpha value is -1.73. The minimum Gasteiger partial charge on any atom is -0.342 e. The lowest BCUT2D eigenvalue weighted by atomic mass is 9.70. The molecule has 2 aliphatic rings. The predicted molar refractivity (Wildman–Crippen MR) is 92.5 cm³/mol. The number of halogens is 1. The highest BCUT2D eigenvalue weighted by Gasteiger charge is 2.34. The van der Waals surface area contributed by atoms with Crippen molar-refractivity contribution in [3.05, 3.63) is 29.1 Å². The summed E-state index contributed by atoms with van der Waals surface area (Å²) in [5.74, 6) is -0.210. The van der Waals surface area contributed by atoms with E-state index in [2.05, 4.69) is 4.98 Å². The molecular formula is C18H21FN2O3S. The molecule has 2 aromatic rings. The molecule has 2 heterocycles. The summed E-state index contributed by atoms with van der Waals surface area (Å²) in [6.07, 6.45) is 4.16. The number of carbonyl (C=O) groups excluding carboxylic acids is 1. The molecule has 0 spiro atoms. The summed E-state index contributed by atoms with van der Waals surface area (Å²) in [6, 6.07) is 3.03. The molecule has 0 bridgehead atoms. The van der Waals surface area contributed by atoms with Crippen molar-refractivity contribution in [2.24, 2.45) is 5.92 Å². The Morgan fingerprint density at radius 1 is 1.24 bits per heavy atom. The van der Waals surface area contributed by atoms with Gasteiger partial charge in [0, 0.05) is 24.4 Å². The largest absolute Gasteiger partial charge is 0.342 e. The van der Waals surface area contributed by atoms with Gasteiger partial charge in [0.2, 0.25) is 0 Å². The molecule has 7 heteroatoms. The zero-order chi connectivity index (χ0) is 17.8. The molecule has 1 aliphatic heterocycles. The van der Waals surface area contributed by atoms with Gasteiger partial charge in [-0.05, 0) is 61.8 Å². The third-order valence-corrected chi connectivity index (χ3v) is 7.37. The van der Waals surface area contributed by atoms with Crippen LogP contribution < -0.4 is 0 Å². The van der Waals surface area contributed by atoms with Crippen molar-refractivity contribution in [1.82, 2.24) is 9.29 Å². The van der Waals surface area contributed by atoms with Crippen molar-refractivity contribution in [2.45, 2.75) is 43.6 Å². The van der Waals surface area contributed by atoms with Gasteiger partial charge in [0.05, 0.1) is 5.52 Å². The van der Waals surface area contributed by atoms with E-state index in [1.807, 2.05) is 6.92 Å². The number of nitrogens with zero attached hydrogens (tertiary/aromatic N) is 1. The average Bonchev–Trinajstić information content (AvgIpc) is 3.18. The van der Waals surface area contributed by atoms with Crippen LogP contribution in [0.5, 0.6) is 0 Å². The number of hydrogen-bond acceptors (Lipinski definition) is 3. The number of nitrogens with one attached hydrogen (secondary N) is 1. The molecule has 25 heavy (non-hydrogen) atoms. The number of aromatic amines is 1. The molecule has 1 saturated carbocycles. The van der Waals surface area contributed by atoms with Crippen molar-refractivity contribution in [2.75, 3.05) is 13.1 Å². The van der Waals surface area contributed by atoms with Crippen LogP contribution in [0.2, 0.25) is 0 Å². The third-order valence-electron chi connectivity index (χ3n) is 5.55. The molecule has 0 atom stereocenters. The number of rotatable bonds is 4. The minimum atomic E-state index is -3.62. The molecule has 4 rings (SSSR count). The number of carbonyl (C=O) groups is 1. The second-order valence-corrected chi connectivity index (χ2v) is 9.09. The van der Waals surface area contributed by atoms with Crippen molar-refractivity contribution in [3.8, 4) is 0 Å². The Balaban J connectivity index is 1.82. The molecule has 0 amide bonds. The van der Waals surface area contributed by atoms with Crippen LogP contribution in [0.15, 0.2) is 17.2 Å². The molecular weight excluding hydrogens is 343 g/mol. The van der Waals surface area contributed by atoms with E-state index in [4.69, 9.17) is 0 Å². The number of H-pyrrole nitrogens is 1. The van der Waals surface area contributed by atoms with Crippen molar-refractivity contribution in [3.63, 3.8) is 0 Å². The number of fused-ring (bicyclic) bond motifs is 1. The fourth-order valence-corrected chi connectivity index (χ4v) is 5.66. The quantitative estimate of drug-likeness (QED) is 0.848. The normalized spacial score (nSPS) is 24.6. The van der Waals surface area contributed by atoms with Gasteiger partial charge in [0.15, 0.2) is 0 Å². The summed E-state index contributed by atoms with van der Waals surface area (Å²) in [5.41, 5.74) is 2.02. The maximum absolute atomic E-state index is 14.4. The van der Waals surface area contributed by atoms with Gasteiger partial charge in [-0.25, -0.2) is 12.8 Å². The molecule has 1 aromatic heterocycles. The van der Waals surface area contributed by atoms with E-state index >= 15 is 0 Å². The highest BCUT2D eigenvalue weighted by atomic mass is 32.2. The fourth-order valence-electron chi connectivity index (χ4n) is 4.14. The summed E-state index contributed by atoms with van der Waals surface area (Å²) in [4.78, 5) is 13.7. The number of benzene rings is 1. The first-order chi connectivity index (χ1) is 11.9. The van der Waals surface area contributed by atoms with Gasteiger partial charge in [-0.3, -0.25) is 0 Å². The van der Waals surface area contributed by atoms with E-state index < -0.39 is 15.8 Å². The van der Waals surface area contributed by atoms with E-state index in [0.29, 0.717) is 18.5 Å². The van der Waals surface area contributed by atoms with Crippen molar-refractivity contribution < 1.29 is 17.6 Å². The second-order valence-electron chi connectivity index (χ2n) is 7.19. The Kier molecular flexibility index (Phi) is 3.96. The monoisotopic (exact) mass is 364 g/mol. The summed E-state index contributed by atoms with van der Waals surface area (Å²) < 4.78 is 41.5. The minimum absolute atomic E-state index is 0.0521. The maximum atomic E-state index is 14.4. The molecule has 1 aliphatic carbocycles. The summed E-state index contributed by atoms with van der Waals surface area (Å²) in [5, 5.41) is 0.686. The molecule has 1 saturated heterocycles. The Bertz CT molecular complexity index is 939. The van der Waals surface area contributed by atoms with Crippen molar-refractivity contribution in [1.29, 1.82) is 0 Å². The third kappa shape index (κ3) is 2.60. The van der Waals surface area contributed by atoms with E-state index in [9.17, 15) is 17.6 Å². The van der Waals surface area contributed by atoms with Gasteiger partial charge in [-0.15, -0.1) is 0 Å². The predicted octanol–water partition coefficient (Wildman–Crippen LogP) is 3.09. The molecule has 2 fully saturated rings. The van der Waals surface area contributed by atoms with Crippen LogP contribution >= 0.6 is 0 Å². The number of aryl methyl sites for hydroxylation is 1. The molecule has 0 radical (unpaired) electrons. The number of aromatic nitrogens is 1. The summed E-state index contributed by atoms with van der Waals surface area (Å²) >= 11 is 0. The van der Waals surface area contributed by atoms with Crippen LogP contribution in [0.4, 0.5) is 4.39 Å². The van der Waals surface area contributed by atoms with Gasteiger partial charge in [0.25, 0.3) is 10.0 Å². The SMILES string of the molecule is Cc1cc(F)c2[nH]c(S(=O)(=O)N3CCCC3)cc2c1C1CC(C=O)C1. The van der Waals surface area contributed by atoms with Crippen LogP contribution in [0.1, 0.15) is 42.7 Å². The lowest BCUT2D eigenvalue weighted by Crippen LogP contribution is -2.28. The first kappa shape index (κ1) is 16.7. The standard InChI is InChI=1S/C18H21FN2O3S/c1-11-6-15(19)18-14(17(11)13-7-12(8-13)10-22)9-16(20-18)25(23,24)21-4-2-3-5-21/h6,9-10,12-13,20H,2-5,7-8H2,1H3. The van der Waals surface area contributed by atoms with E-state index in [1.54, 1.807) is 6.07 Å². The number of aldehydes is 1. The van der Waals surface area contributed by atoms with Gasteiger partial charge in [-0.2, -0.15) is 4.31 Å². The second kappa shape index (κ2) is 5.92. The van der Waals surface area contributed by atoms with Gasteiger partial charge < -0.3 is 9.78 Å². The topological polar surface area (TPSA) is 70.2 Å². The van der Waals surface area contributed by atoms with Crippen molar-refractivity contribution >= 4 is 27.2 Å². The number of hydrogen-bond donors (Lipinski definition) is 1. The van der Waals surface area contributed by atoms with Crippen LogP contribution in [0.3, 0.4) is 0 Å². The van der Waals surface area contributed by atoms with E-state index in [-0.39, 0.29) is 22.4 Å². The van der Waals surface area contributed by atoms with Gasteiger partial charge in [0.1, 0.15) is 17.1 Å². The van der Waals surface area contributed by atoms with Crippen LogP contribution in [0, 0.1) is 18.7 Å². The zero-order valence-electron chi connectivity index (χ0n) is 14.1. The molecule has 1 N–H and O–H groups in total. The lowest BCUT2D eigenvalue weighted by molar-refractivity contribution is -0.113. The highest BCUT2D eigenvalue weighted by Crippen LogP contribution is 2.45. The smallest absolute Gasteiger partial charge is 0.258 e.